The summed E-state index contributed by atoms with van der Waals surface area (Å²) in [4.78, 5) is 47.5. The van der Waals surface area contributed by atoms with Crippen LogP contribution in [0.4, 0.5) is 0 Å². The van der Waals surface area contributed by atoms with Gasteiger partial charge < -0.3 is 10.2 Å². The zero-order chi connectivity index (χ0) is 22.8. The number of carboxylic acid groups (broad SMARTS) is 2. The fourth-order valence-electron chi connectivity index (χ4n) is 3.40. The van der Waals surface area contributed by atoms with Crippen molar-refractivity contribution < 1.29 is 29.4 Å². The summed E-state index contributed by atoms with van der Waals surface area (Å²) in [6.07, 6.45) is 11.7. The number of hydrogen-bond acceptors (Lipinski definition) is 4. The Hall–Kier alpha value is -1.98. The van der Waals surface area contributed by atoms with E-state index in [9.17, 15) is 29.4 Å². The molecule has 0 spiro atoms. The predicted molar refractivity (Wildman–Crippen MR) is 118 cm³/mol. The van der Waals surface area contributed by atoms with Crippen LogP contribution in [-0.2, 0) is 19.2 Å². The fraction of sp³-hybridized carbons (Fsp3) is 0.750. The molecule has 0 aliphatic rings. The molecule has 0 radical (unpaired) electrons. The van der Waals surface area contributed by atoms with E-state index in [0.717, 1.165) is 64.2 Å². The van der Waals surface area contributed by atoms with Crippen molar-refractivity contribution in [2.45, 2.75) is 117 Å². The van der Waals surface area contributed by atoms with Crippen molar-refractivity contribution in [1.29, 1.82) is 0 Å². The van der Waals surface area contributed by atoms with Crippen LogP contribution in [0.5, 0.6) is 0 Å². The number of carbonyl (C=O) groups is 4. The smallest absolute Gasteiger partial charge is 0.332 e. The molecule has 0 fully saturated rings. The Labute approximate surface area is 181 Å². The van der Waals surface area contributed by atoms with E-state index >= 15 is 0 Å². The first kappa shape index (κ1) is 28.0. The molecular weight excluding hydrogens is 384 g/mol. The largest absolute Gasteiger partial charge is 0.478 e. The number of hydrogen-bond donors (Lipinski definition) is 2. The molecule has 0 aliphatic carbocycles. The molecule has 0 aromatic rings. The maximum Gasteiger partial charge on any atom is 0.332 e. The summed E-state index contributed by atoms with van der Waals surface area (Å²) >= 11 is 0. The third-order valence-electron chi connectivity index (χ3n) is 5.25. The Balaban J connectivity index is 4.71. The third kappa shape index (κ3) is 14.1. The van der Waals surface area contributed by atoms with Crippen LogP contribution in [-0.4, -0.2) is 33.7 Å². The fourth-order valence-corrected chi connectivity index (χ4v) is 3.40. The average Bonchev–Trinajstić information content (AvgIpc) is 2.69. The molecule has 0 atom stereocenters. The monoisotopic (exact) mass is 424 g/mol. The Morgan fingerprint density at radius 2 is 0.800 bits per heavy atom. The highest BCUT2D eigenvalue weighted by Crippen LogP contribution is 2.19. The Kier molecular flexibility index (Phi) is 16.7. The minimum absolute atomic E-state index is 0.238. The van der Waals surface area contributed by atoms with Gasteiger partial charge >= 0.3 is 11.9 Å². The second kappa shape index (κ2) is 17.8. The summed E-state index contributed by atoms with van der Waals surface area (Å²) in [7, 11) is 0. The van der Waals surface area contributed by atoms with E-state index < -0.39 is 35.9 Å². The molecule has 2 N–H and O–H groups in total. The maximum absolute atomic E-state index is 12.2. The summed E-state index contributed by atoms with van der Waals surface area (Å²) in [5.41, 5.74) is -0.899. The Bertz CT molecular complexity index is 526. The molecule has 30 heavy (non-hydrogen) atoms. The quantitative estimate of drug-likeness (QED) is 0.187. The van der Waals surface area contributed by atoms with Crippen molar-refractivity contribution in [1.82, 2.24) is 0 Å². The highest BCUT2D eigenvalue weighted by atomic mass is 16.4. The van der Waals surface area contributed by atoms with E-state index in [0.29, 0.717) is 12.8 Å². The van der Waals surface area contributed by atoms with Gasteiger partial charge in [0.25, 0.3) is 0 Å². The van der Waals surface area contributed by atoms with Crippen molar-refractivity contribution in [3.63, 3.8) is 0 Å². The van der Waals surface area contributed by atoms with Gasteiger partial charge in [-0.2, -0.15) is 0 Å². The van der Waals surface area contributed by atoms with Gasteiger partial charge in [-0.25, -0.2) is 9.59 Å². The number of aliphatic carboxylic acids is 2. The number of unbranched alkanes of at least 4 members (excludes halogenated alkanes) is 10. The van der Waals surface area contributed by atoms with Gasteiger partial charge in [0.05, 0.1) is 11.1 Å². The van der Waals surface area contributed by atoms with E-state index in [2.05, 4.69) is 13.8 Å². The second-order valence-electron chi connectivity index (χ2n) is 8.03. The first-order valence-corrected chi connectivity index (χ1v) is 11.5. The van der Waals surface area contributed by atoms with Crippen LogP contribution in [0.1, 0.15) is 117 Å². The number of Topliss-reactive ketones (excluding diaryl/α,β-unsaturated/α-hetero) is 2. The SMILES string of the molecule is CCCCCCCCC(=O)C/C(C(=O)O)=C(/CC(=O)CCCCCCCC)C(=O)O. The van der Waals surface area contributed by atoms with E-state index in [4.69, 9.17) is 0 Å². The first-order chi connectivity index (χ1) is 14.3. The molecule has 0 unspecified atom stereocenters. The van der Waals surface area contributed by atoms with Crippen LogP contribution in [0.2, 0.25) is 0 Å². The molecule has 0 aromatic carbocycles. The molecule has 0 amide bonds. The summed E-state index contributed by atoms with van der Waals surface area (Å²) < 4.78 is 0. The molecule has 0 saturated heterocycles. The van der Waals surface area contributed by atoms with Crippen molar-refractivity contribution >= 4 is 23.5 Å². The van der Waals surface area contributed by atoms with Crippen LogP contribution in [0.15, 0.2) is 11.1 Å². The van der Waals surface area contributed by atoms with Crippen molar-refractivity contribution in [3.05, 3.63) is 11.1 Å². The van der Waals surface area contributed by atoms with Crippen LogP contribution < -0.4 is 0 Å². The Morgan fingerprint density at radius 3 is 1.10 bits per heavy atom. The van der Waals surface area contributed by atoms with Gasteiger partial charge in [0.15, 0.2) is 0 Å². The van der Waals surface area contributed by atoms with E-state index in [1.54, 1.807) is 0 Å². The van der Waals surface area contributed by atoms with Crippen LogP contribution >= 0.6 is 0 Å². The van der Waals surface area contributed by atoms with Gasteiger partial charge in [-0.1, -0.05) is 78.1 Å². The van der Waals surface area contributed by atoms with E-state index in [1.807, 2.05) is 0 Å². The van der Waals surface area contributed by atoms with Gasteiger partial charge in [-0.3, -0.25) is 9.59 Å². The number of ketones is 2. The molecule has 6 nitrogen and oxygen atoms in total. The standard InChI is InChI=1S/C24H40O6/c1-3-5-7-9-11-13-15-19(25)17-21(23(27)28)22(24(29)30)18-20(26)16-14-12-10-8-6-4-2/h3-18H2,1-2H3,(H,27,28)(H,29,30)/b22-21+. The lowest BCUT2D eigenvalue weighted by Gasteiger charge is -2.09. The lowest BCUT2D eigenvalue weighted by atomic mass is 9.95. The van der Waals surface area contributed by atoms with Gasteiger partial charge in [0.2, 0.25) is 0 Å². The van der Waals surface area contributed by atoms with E-state index in [1.165, 1.54) is 0 Å². The lowest BCUT2D eigenvalue weighted by Crippen LogP contribution is -2.17. The summed E-state index contributed by atoms with van der Waals surface area (Å²) in [6.45, 7) is 4.25. The minimum Gasteiger partial charge on any atom is -0.478 e. The molecule has 0 aromatic heterocycles. The summed E-state index contributed by atoms with van der Waals surface area (Å²) in [6, 6.07) is 0. The topological polar surface area (TPSA) is 109 Å². The van der Waals surface area contributed by atoms with Crippen molar-refractivity contribution in [2.75, 3.05) is 0 Å². The summed E-state index contributed by atoms with van der Waals surface area (Å²) in [5, 5.41) is 18.9. The van der Waals surface area contributed by atoms with Crippen LogP contribution in [0.3, 0.4) is 0 Å². The van der Waals surface area contributed by atoms with Crippen molar-refractivity contribution in [3.8, 4) is 0 Å². The molecule has 0 saturated carbocycles. The van der Waals surface area contributed by atoms with Gasteiger partial charge in [-0.05, 0) is 12.8 Å². The van der Waals surface area contributed by atoms with Crippen molar-refractivity contribution in [2.24, 2.45) is 0 Å². The maximum atomic E-state index is 12.2. The van der Waals surface area contributed by atoms with E-state index in [-0.39, 0.29) is 24.4 Å². The number of carbonyl (C=O) groups excluding carboxylic acids is 2. The second-order valence-corrected chi connectivity index (χ2v) is 8.03. The highest BCUT2D eigenvalue weighted by molar-refractivity contribution is 6.05. The predicted octanol–water partition coefficient (Wildman–Crippen LogP) is 5.87. The Morgan fingerprint density at radius 1 is 0.500 bits per heavy atom. The van der Waals surface area contributed by atoms with Crippen LogP contribution in [0, 0.1) is 0 Å². The molecule has 0 bridgehead atoms. The molecular formula is C24H40O6. The summed E-state index contributed by atoms with van der Waals surface area (Å²) in [5.74, 6) is -3.44. The van der Waals surface area contributed by atoms with Gasteiger partial charge in [0.1, 0.15) is 11.6 Å². The average molecular weight is 425 g/mol. The minimum atomic E-state index is -1.43. The molecule has 6 heteroatoms. The molecule has 0 aliphatic heterocycles. The first-order valence-electron chi connectivity index (χ1n) is 11.5. The lowest BCUT2D eigenvalue weighted by molar-refractivity contribution is -0.137. The number of rotatable bonds is 20. The number of carboxylic acids is 2. The van der Waals surface area contributed by atoms with Crippen LogP contribution in [0.25, 0.3) is 0 Å². The third-order valence-corrected chi connectivity index (χ3v) is 5.25. The molecule has 0 rings (SSSR count). The molecule has 0 heterocycles. The molecule has 172 valence electrons. The normalized spacial score (nSPS) is 11.8. The highest BCUT2D eigenvalue weighted by Gasteiger charge is 2.24. The van der Waals surface area contributed by atoms with Gasteiger partial charge in [0, 0.05) is 25.7 Å². The zero-order valence-electron chi connectivity index (χ0n) is 18.8. The zero-order valence-corrected chi connectivity index (χ0v) is 18.8. The van der Waals surface area contributed by atoms with Gasteiger partial charge in [-0.15, -0.1) is 0 Å².